The highest BCUT2D eigenvalue weighted by atomic mass is 16.6. The van der Waals surface area contributed by atoms with Crippen molar-refractivity contribution in [2.24, 2.45) is 0 Å². The number of nitrogens with zero attached hydrogens (tertiary/aromatic N) is 1. The number of hydrogen-bond acceptors (Lipinski definition) is 2. The molecule has 0 radical (unpaired) electrons. The van der Waals surface area contributed by atoms with E-state index >= 15 is 0 Å². The summed E-state index contributed by atoms with van der Waals surface area (Å²) in [7, 11) is 0. The van der Waals surface area contributed by atoms with E-state index in [0.717, 1.165) is 18.4 Å². The Balaban J connectivity index is 2.55. The number of hydrogen-bond donors (Lipinski definition) is 0. The maximum atomic E-state index is 10.8. The monoisotopic (exact) mass is 207 g/mol. The van der Waals surface area contributed by atoms with E-state index in [1.165, 1.54) is 0 Å². The number of unbranched alkanes of at least 4 members (excludes halogenated alkanes) is 1. The van der Waals surface area contributed by atoms with Crippen LogP contribution in [-0.4, -0.2) is 11.0 Å². The highest BCUT2D eigenvalue weighted by molar-refractivity contribution is 5.15. The lowest BCUT2D eigenvalue weighted by Crippen LogP contribution is -2.22. The summed E-state index contributed by atoms with van der Waals surface area (Å²) >= 11 is 0. The average molecular weight is 207 g/mol. The topological polar surface area (TPSA) is 43.1 Å². The molecular weight excluding hydrogens is 190 g/mol. The van der Waals surface area contributed by atoms with Gasteiger partial charge in [0.1, 0.15) is 0 Å². The summed E-state index contributed by atoms with van der Waals surface area (Å²) in [4.78, 5) is 10.7. The fraction of sp³-hybridized carbons (Fsp3) is 0.500. The molecule has 15 heavy (non-hydrogen) atoms. The second-order valence-corrected chi connectivity index (χ2v) is 3.77. The Bertz CT molecular complexity index is 298. The molecule has 0 bridgehead atoms. The normalized spacial score (nSPS) is 12.3. The number of nitro groups is 1. The molecule has 1 atom stereocenters. The minimum Gasteiger partial charge on any atom is -0.264 e. The predicted octanol–water partition coefficient (Wildman–Crippen LogP) is 3.06. The standard InChI is InChI=1S/C12H17NO2/c1-2-3-9-12(13(14)15)10-11-7-5-4-6-8-11/h4-8,12H,2-3,9-10H2,1H3. The van der Waals surface area contributed by atoms with Crippen LogP contribution in [0.25, 0.3) is 0 Å². The first-order chi connectivity index (χ1) is 7.24. The van der Waals surface area contributed by atoms with Crippen molar-refractivity contribution in [3.63, 3.8) is 0 Å². The molecule has 0 saturated heterocycles. The summed E-state index contributed by atoms with van der Waals surface area (Å²) in [6.45, 7) is 2.06. The van der Waals surface area contributed by atoms with Gasteiger partial charge in [-0.15, -0.1) is 0 Å². The van der Waals surface area contributed by atoms with Crippen molar-refractivity contribution in [3.8, 4) is 0 Å². The van der Waals surface area contributed by atoms with E-state index in [-0.39, 0.29) is 4.92 Å². The van der Waals surface area contributed by atoms with Crippen LogP contribution in [0.3, 0.4) is 0 Å². The van der Waals surface area contributed by atoms with Gasteiger partial charge in [-0.05, 0) is 12.0 Å². The number of benzene rings is 1. The van der Waals surface area contributed by atoms with E-state index in [2.05, 4.69) is 6.92 Å². The van der Waals surface area contributed by atoms with Crippen LogP contribution in [0.4, 0.5) is 0 Å². The van der Waals surface area contributed by atoms with Gasteiger partial charge in [-0.1, -0.05) is 43.7 Å². The lowest BCUT2D eigenvalue weighted by Gasteiger charge is -2.08. The highest BCUT2D eigenvalue weighted by Gasteiger charge is 2.19. The van der Waals surface area contributed by atoms with E-state index in [1.807, 2.05) is 30.3 Å². The molecule has 3 nitrogen and oxygen atoms in total. The second-order valence-electron chi connectivity index (χ2n) is 3.77. The Morgan fingerprint density at radius 1 is 1.33 bits per heavy atom. The summed E-state index contributed by atoms with van der Waals surface area (Å²) < 4.78 is 0. The molecule has 82 valence electrons. The minimum absolute atomic E-state index is 0.150. The number of rotatable bonds is 6. The lowest BCUT2D eigenvalue weighted by atomic mass is 10.0. The molecule has 0 N–H and O–H groups in total. The van der Waals surface area contributed by atoms with Gasteiger partial charge < -0.3 is 0 Å². The van der Waals surface area contributed by atoms with E-state index in [1.54, 1.807) is 0 Å². The molecule has 0 aliphatic heterocycles. The average Bonchev–Trinajstić information content (AvgIpc) is 2.25. The molecule has 1 aromatic rings. The maximum absolute atomic E-state index is 10.8. The zero-order valence-corrected chi connectivity index (χ0v) is 9.06. The van der Waals surface area contributed by atoms with Crippen LogP contribution in [0, 0.1) is 10.1 Å². The van der Waals surface area contributed by atoms with Crippen molar-refractivity contribution in [2.75, 3.05) is 0 Å². The van der Waals surface area contributed by atoms with Crippen LogP contribution in [0.2, 0.25) is 0 Å². The van der Waals surface area contributed by atoms with Crippen molar-refractivity contribution < 1.29 is 4.92 Å². The van der Waals surface area contributed by atoms with Crippen LogP contribution in [-0.2, 0) is 6.42 Å². The summed E-state index contributed by atoms with van der Waals surface area (Å²) in [6, 6.07) is 9.24. The summed E-state index contributed by atoms with van der Waals surface area (Å²) in [6.07, 6.45) is 3.17. The fourth-order valence-corrected chi connectivity index (χ4v) is 1.61. The minimum atomic E-state index is -0.424. The first kappa shape index (κ1) is 11.7. The summed E-state index contributed by atoms with van der Waals surface area (Å²) in [5, 5.41) is 10.8. The van der Waals surface area contributed by atoms with Crippen LogP contribution >= 0.6 is 0 Å². The first-order valence-corrected chi connectivity index (χ1v) is 5.41. The third-order valence-corrected chi connectivity index (χ3v) is 2.50. The van der Waals surface area contributed by atoms with Crippen LogP contribution in [0.15, 0.2) is 30.3 Å². The van der Waals surface area contributed by atoms with E-state index in [4.69, 9.17) is 0 Å². The fourth-order valence-electron chi connectivity index (χ4n) is 1.61. The Labute approximate surface area is 90.3 Å². The van der Waals surface area contributed by atoms with Gasteiger partial charge in [0.25, 0.3) is 0 Å². The van der Waals surface area contributed by atoms with Gasteiger partial charge in [0.05, 0.1) is 0 Å². The molecule has 0 aromatic heterocycles. The van der Waals surface area contributed by atoms with Crippen molar-refractivity contribution in [1.29, 1.82) is 0 Å². The van der Waals surface area contributed by atoms with Crippen molar-refractivity contribution in [1.82, 2.24) is 0 Å². The van der Waals surface area contributed by atoms with Gasteiger partial charge in [0.15, 0.2) is 0 Å². The molecule has 0 aliphatic carbocycles. The van der Waals surface area contributed by atoms with Crippen LogP contribution in [0.5, 0.6) is 0 Å². The van der Waals surface area contributed by atoms with Gasteiger partial charge in [-0.2, -0.15) is 0 Å². The van der Waals surface area contributed by atoms with E-state index < -0.39 is 6.04 Å². The molecule has 0 fully saturated rings. The molecule has 1 aromatic carbocycles. The molecule has 1 rings (SSSR count). The van der Waals surface area contributed by atoms with Gasteiger partial charge in [0, 0.05) is 17.8 Å². The Hall–Kier alpha value is -1.38. The first-order valence-electron chi connectivity index (χ1n) is 5.41. The highest BCUT2D eigenvalue weighted by Crippen LogP contribution is 2.11. The Morgan fingerprint density at radius 2 is 2.00 bits per heavy atom. The summed E-state index contributed by atoms with van der Waals surface area (Å²) in [5.41, 5.74) is 1.05. The Kier molecular flexibility index (Phi) is 4.81. The predicted molar refractivity (Wildman–Crippen MR) is 60.5 cm³/mol. The van der Waals surface area contributed by atoms with Gasteiger partial charge >= 0.3 is 0 Å². The van der Waals surface area contributed by atoms with Gasteiger partial charge in [0.2, 0.25) is 6.04 Å². The SMILES string of the molecule is CCCCC(Cc1ccccc1)[N+](=O)[O-]. The maximum Gasteiger partial charge on any atom is 0.217 e. The van der Waals surface area contributed by atoms with Crippen molar-refractivity contribution >= 4 is 0 Å². The largest absolute Gasteiger partial charge is 0.264 e. The van der Waals surface area contributed by atoms with Gasteiger partial charge in [-0.25, -0.2) is 0 Å². The summed E-state index contributed by atoms with van der Waals surface area (Å²) in [5.74, 6) is 0. The van der Waals surface area contributed by atoms with Crippen LogP contribution in [0.1, 0.15) is 31.7 Å². The molecular formula is C12H17NO2. The third kappa shape index (κ3) is 4.11. The Morgan fingerprint density at radius 3 is 2.53 bits per heavy atom. The van der Waals surface area contributed by atoms with Crippen LogP contribution < -0.4 is 0 Å². The molecule has 0 heterocycles. The lowest BCUT2D eigenvalue weighted by molar-refractivity contribution is -0.523. The quantitative estimate of drug-likeness (QED) is 0.531. The molecule has 0 spiro atoms. The van der Waals surface area contributed by atoms with Gasteiger partial charge in [-0.3, -0.25) is 10.1 Å². The van der Waals surface area contributed by atoms with Crippen molar-refractivity contribution in [3.05, 3.63) is 46.0 Å². The molecule has 1 unspecified atom stereocenters. The smallest absolute Gasteiger partial charge is 0.217 e. The third-order valence-electron chi connectivity index (χ3n) is 2.50. The van der Waals surface area contributed by atoms with E-state index in [9.17, 15) is 10.1 Å². The zero-order chi connectivity index (χ0) is 11.1. The molecule has 0 aliphatic rings. The molecule has 3 heteroatoms. The van der Waals surface area contributed by atoms with E-state index in [0.29, 0.717) is 12.8 Å². The molecule has 0 saturated carbocycles. The second kappa shape index (κ2) is 6.17. The van der Waals surface area contributed by atoms with Crippen molar-refractivity contribution in [2.45, 2.75) is 38.6 Å². The zero-order valence-electron chi connectivity index (χ0n) is 9.06. The molecule has 0 amide bonds.